The number of benzene rings is 3. The SMILES string of the molecule is Nc1nc(CN2CCN(C(=O)c3ccc4c(c3)C(=O)c3ccccc3-4)CC2)nc2ccccc12. The van der Waals surface area contributed by atoms with Crippen molar-refractivity contribution in [3.8, 4) is 11.1 Å². The molecule has 3 aromatic carbocycles. The van der Waals surface area contributed by atoms with Gasteiger partial charge in [0.15, 0.2) is 5.78 Å². The molecule has 0 atom stereocenters. The van der Waals surface area contributed by atoms with Crippen molar-refractivity contribution < 1.29 is 9.59 Å². The lowest BCUT2D eigenvalue weighted by atomic mass is 10.0. The number of nitrogen functional groups attached to an aromatic ring is 1. The number of hydrogen-bond acceptors (Lipinski definition) is 6. The van der Waals surface area contributed by atoms with Gasteiger partial charge in [0.2, 0.25) is 0 Å². The van der Waals surface area contributed by atoms with Gasteiger partial charge in [-0.15, -0.1) is 0 Å². The number of rotatable bonds is 3. The van der Waals surface area contributed by atoms with E-state index in [2.05, 4.69) is 14.9 Å². The first kappa shape index (κ1) is 20.5. The fourth-order valence-corrected chi connectivity index (χ4v) is 4.87. The van der Waals surface area contributed by atoms with E-state index in [-0.39, 0.29) is 11.7 Å². The number of fused-ring (bicyclic) bond motifs is 4. The predicted octanol–water partition coefficient (Wildman–Crippen LogP) is 3.38. The van der Waals surface area contributed by atoms with Gasteiger partial charge in [0.05, 0.1) is 12.1 Å². The molecule has 2 N–H and O–H groups in total. The van der Waals surface area contributed by atoms with Crippen molar-refractivity contribution in [2.45, 2.75) is 6.54 Å². The molecule has 0 spiro atoms. The van der Waals surface area contributed by atoms with Gasteiger partial charge >= 0.3 is 0 Å². The molecule has 1 fully saturated rings. The molecule has 168 valence electrons. The molecule has 34 heavy (non-hydrogen) atoms. The summed E-state index contributed by atoms with van der Waals surface area (Å²) in [6.45, 7) is 3.23. The van der Waals surface area contributed by atoms with E-state index in [1.165, 1.54) is 0 Å². The number of amides is 1. The van der Waals surface area contributed by atoms with Gasteiger partial charge in [-0.3, -0.25) is 14.5 Å². The number of nitrogens with two attached hydrogens (primary N) is 1. The minimum absolute atomic E-state index is 0.0141. The van der Waals surface area contributed by atoms with Gasteiger partial charge in [-0.25, -0.2) is 9.97 Å². The smallest absolute Gasteiger partial charge is 0.253 e. The molecule has 0 radical (unpaired) electrons. The third-order valence-electron chi connectivity index (χ3n) is 6.68. The van der Waals surface area contributed by atoms with Gasteiger partial charge < -0.3 is 10.6 Å². The summed E-state index contributed by atoms with van der Waals surface area (Å²) < 4.78 is 0. The van der Waals surface area contributed by atoms with Crippen molar-refractivity contribution in [3.05, 3.63) is 89.2 Å². The first-order valence-electron chi connectivity index (χ1n) is 11.4. The highest BCUT2D eigenvalue weighted by molar-refractivity contribution is 6.22. The minimum atomic E-state index is -0.0441. The Hall–Kier alpha value is -4.10. The highest BCUT2D eigenvalue weighted by Crippen LogP contribution is 2.36. The van der Waals surface area contributed by atoms with E-state index in [4.69, 9.17) is 5.73 Å². The summed E-state index contributed by atoms with van der Waals surface area (Å²) in [4.78, 5) is 39.2. The van der Waals surface area contributed by atoms with Crippen molar-refractivity contribution in [2.24, 2.45) is 0 Å². The summed E-state index contributed by atoms with van der Waals surface area (Å²) in [5, 5.41) is 0.859. The molecule has 1 aliphatic heterocycles. The summed E-state index contributed by atoms with van der Waals surface area (Å²) >= 11 is 0. The molecular weight excluding hydrogens is 426 g/mol. The van der Waals surface area contributed by atoms with Crippen LogP contribution in [0.15, 0.2) is 66.7 Å². The summed E-state index contributed by atoms with van der Waals surface area (Å²) in [7, 11) is 0. The Morgan fingerprint density at radius 3 is 2.35 bits per heavy atom. The van der Waals surface area contributed by atoms with E-state index in [1.807, 2.05) is 65.6 Å². The zero-order valence-electron chi connectivity index (χ0n) is 18.6. The van der Waals surface area contributed by atoms with Gasteiger partial charge in [0.1, 0.15) is 11.6 Å². The molecule has 1 aromatic heterocycles. The lowest BCUT2D eigenvalue weighted by Crippen LogP contribution is -2.48. The largest absolute Gasteiger partial charge is 0.383 e. The fraction of sp³-hybridized carbons (Fsp3) is 0.185. The van der Waals surface area contributed by atoms with Gasteiger partial charge in [-0.2, -0.15) is 0 Å². The van der Waals surface area contributed by atoms with Crippen LogP contribution in [-0.4, -0.2) is 57.6 Å². The molecule has 4 aromatic rings. The molecule has 1 saturated heterocycles. The zero-order valence-corrected chi connectivity index (χ0v) is 18.6. The van der Waals surface area contributed by atoms with E-state index < -0.39 is 0 Å². The second-order valence-corrected chi connectivity index (χ2v) is 8.75. The summed E-state index contributed by atoms with van der Waals surface area (Å²) in [6, 6.07) is 20.8. The Balaban J connectivity index is 1.14. The molecule has 7 heteroatoms. The second kappa shape index (κ2) is 8.04. The van der Waals surface area contributed by atoms with Crippen LogP contribution in [0.2, 0.25) is 0 Å². The Kier molecular flexibility index (Phi) is 4.85. The van der Waals surface area contributed by atoms with Gasteiger partial charge in [0.25, 0.3) is 5.91 Å². The van der Waals surface area contributed by atoms with Gasteiger partial charge in [0, 0.05) is 48.3 Å². The number of carbonyl (C=O) groups excluding carboxylic acids is 2. The topological polar surface area (TPSA) is 92.4 Å². The minimum Gasteiger partial charge on any atom is -0.383 e. The van der Waals surface area contributed by atoms with Crippen LogP contribution in [0.3, 0.4) is 0 Å². The van der Waals surface area contributed by atoms with Crippen LogP contribution in [0.25, 0.3) is 22.0 Å². The average molecular weight is 450 g/mol. The van der Waals surface area contributed by atoms with Crippen molar-refractivity contribution in [2.75, 3.05) is 31.9 Å². The maximum atomic E-state index is 13.2. The number of anilines is 1. The summed E-state index contributed by atoms with van der Waals surface area (Å²) in [5.74, 6) is 1.12. The Labute approximate surface area is 196 Å². The van der Waals surface area contributed by atoms with Crippen LogP contribution < -0.4 is 5.73 Å². The Morgan fingerprint density at radius 2 is 1.53 bits per heavy atom. The normalized spacial score (nSPS) is 15.4. The lowest BCUT2D eigenvalue weighted by Gasteiger charge is -2.34. The molecule has 2 heterocycles. The predicted molar refractivity (Wildman–Crippen MR) is 130 cm³/mol. The third kappa shape index (κ3) is 3.41. The maximum Gasteiger partial charge on any atom is 0.253 e. The van der Waals surface area contributed by atoms with Gasteiger partial charge in [-0.05, 0) is 35.4 Å². The van der Waals surface area contributed by atoms with Crippen molar-refractivity contribution in [3.63, 3.8) is 0 Å². The van der Waals surface area contributed by atoms with Crippen LogP contribution in [0.4, 0.5) is 5.82 Å². The highest BCUT2D eigenvalue weighted by Gasteiger charge is 2.29. The van der Waals surface area contributed by atoms with Crippen molar-refractivity contribution in [1.29, 1.82) is 0 Å². The number of hydrogen-bond donors (Lipinski definition) is 1. The van der Waals surface area contributed by atoms with Crippen molar-refractivity contribution >= 4 is 28.4 Å². The highest BCUT2D eigenvalue weighted by atomic mass is 16.2. The van der Waals surface area contributed by atoms with Crippen LogP contribution >= 0.6 is 0 Å². The van der Waals surface area contributed by atoms with Crippen LogP contribution in [0, 0.1) is 0 Å². The Morgan fingerprint density at radius 1 is 0.824 bits per heavy atom. The molecule has 0 unspecified atom stereocenters. The third-order valence-corrected chi connectivity index (χ3v) is 6.68. The summed E-state index contributed by atoms with van der Waals surface area (Å²) in [5.41, 5.74) is 10.7. The van der Waals surface area contributed by atoms with E-state index in [0.29, 0.717) is 48.0 Å². The maximum absolute atomic E-state index is 13.2. The quantitative estimate of drug-likeness (QED) is 0.454. The van der Waals surface area contributed by atoms with Crippen LogP contribution in [0.5, 0.6) is 0 Å². The van der Waals surface area contributed by atoms with Crippen LogP contribution in [0.1, 0.15) is 32.1 Å². The Bertz CT molecular complexity index is 1460. The van der Waals surface area contributed by atoms with E-state index >= 15 is 0 Å². The molecule has 1 aliphatic carbocycles. The molecule has 2 aliphatic rings. The van der Waals surface area contributed by atoms with E-state index in [9.17, 15) is 9.59 Å². The average Bonchev–Trinajstić information content (AvgIpc) is 3.16. The number of nitrogens with zero attached hydrogens (tertiary/aromatic N) is 4. The first-order chi connectivity index (χ1) is 16.6. The molecule has 0 saturated carbocycles. The molecule has 6 rings (SSSR count). The number of carbonyl (C=O) groups is 2. The lowest BCUT2D eigenvalue weighted by molar-refractivity contribution is 0.0625. The number of aromatic nitrogens is 2. The monoisotopic (exact) mass is 449 g/mol. The van der Waals surface area contributed by atoms with E-state index in [1.54, 1.807) is 6.07 Å². The van der Waals surface area contributed by atoms with Crippen molar-refractivity contribution in [1.82, 2.24) is 19.8 Å². The molecule has 7 nitrogen and oxygen atoms in total. The van der Waals surface area contributed by atoms with Crippen LogP contribution in [-0.2, 0) is 6.54 Å². The first-order valence-corrected chi connectivity index (χ1v) is 11.4. The standard InChI is InChI=1S/C27H23N5O2/c28-26-21-7-3-4-8-23(21)29-24(30-26)16-31-11-13-32(14-12-31)27(34)17-9-10-19-18-5-1-2-6-20(18)25(33)22(19)15-17/h1-10,15H,11-14,16H2,(H2,28,29,30). The number of para-hydroxylation sites is 1. The van der Waals surface area contributed by atoms with Gasteiger partial charge in [-0.1, -0.05) is 42.5 Å². The molecule has 0 bridgehead atoms. The zero-order chi connectivity index (χ0) is 23.2. The number of piperazine rings is 1. The molecular formula is C27H23N5O2. The van der Waals surface area contributed by atoms with E-state index in [0.717, 1.165) is 35.1 Å². The fourth-order valence-electron chi connectivity index (χ4n) is 4.87. The summed E-state index contributed by atoms with van der Waals surface area (Å²) in [6.07, 6.45) is 0. The number of ketones is 1. The molecule has 1 amide bonds. The second-order valence-electron chi connectivity index (χ2n) is 8.75.